The zero-order valence-corrected chi connectivity index (χ0v) is 16.2. The van der Waals surface area contributed by atoms with Crippen LogP contribution >= 0.6 is 0 Å². The van der Waals surface area contributed by atoms with Crippen molar-refractivity contribution in [2.75, 3.05) is 19.7 Å². The average Bonchev–Trinajstić information content (AvgIpc) is 2.56. The first kappa shape index (κ1) is 21.9. The van der Waals surface area contributed by atoms with Crippen LogP contribution < -0.4 is 10.1 Å². The van der Waals surface area contributed by atoms with E-state index in [0.29, 0.717) is 24.3 Å². The fraction of sp³-hybridized carbons (Fsp3) is 0.579. The summed E-state index contributed by atoms with van der Waals surface area (Å²) in [5.74, 6) is 0.444. The maximum atomic E-state index is 11.2. The highest BCUT2D eigenvalue weighted by molar-refractivity contribution is 5.45. The first-order chi connectivity index (χ1) is 12.1. The van der Waals surface area contributed by atoms with Gasteiger partial charge in [-0.15, -0.1) is 0 Å². The van der Waals surface area contributed by atoms with Gasteiger partial charge in [0.25, 0.3) is 0 Å². The van der Waals surface area contributed by atoms with Crippen LogP contribution in [0.2, 0.25) is 0 Å². The number of hydrogen-bond acceptors (Lipinski definition) is 6. The molecule has 0 spiro atoms. The molecular weight excluding hydrogens is 334 g/mol. The smallest absolute Gasteiger partial charge is 0.233 e. The Balaban J connectivity index is 2.48. The molecule has 1 unspecified atom stereocenters. The predicted molar refractivity (Wildman–Crippen MR) is 98.3 cm³/mol. The van der Waals surface area contributed by atoms with Crippen molar-refractivity contribution < 1.29 is 19.5 Å². The largest absolute Gasteiger partial charge is 0.489 e. The summed E-state index contributed by atoms with van der Waals surface area (Å²) in [5, 5.41) is 23.6. The molecule has 0 aliphatic carbocycles. The number of nitriles is 1. The van der Waals surface area contributed by atoms with Gasteiger partial charge in [0.1, 0.15) is 24.5 Å². The molecule has 1 amide bonds. The van der Waals surface area contributed by atoms with Gasteiger partial charge < -0.3 is 15.2 Å². The van der Waals surface area contributed by atoms with Gasteiger partial charge in [-0.25, -0.2) is 5.06 Å². The molecule has 0 heterocycles. The lowest BCUT2D eigenvalue weighted by Crippen LogP contribution is -2.52. The summed E-state index contributed by atoms with van der Waals surface area (Å²) in [5.41, 5.74) is -0.523. The minimum Gasteiger partial charge on any atom is -0.489 e. The van der Waals surface area contributed by atoms with Gasteiger partial charge >= 0.3 is 0 Å². The van der Waals surface area contributed by atoms with Crippen molar-refractivity contribution in [3.63, 3.8) is 0 Å². The minimum atomic E-state index is -0.769. The molecular formula is C19H29N3O4. The van der Waals surface area contributed by atoms with Crippen LogP contribution in [-0.2, 0) is 9.63 Å². The summed E-state index contributed by atoms with van der Waals surface area (Å²) < 4.78 is 5.52. The lowest BCUT2D eigenvalue weighted by molar-refractivity contribution is -0.221. The number of hydroxylamine groups is 2. The quantitative estimate of drug-likeness (QED) is 0.487. The number of aliphatic hydroxyl groups excluding tert-OH is 1. The number of carbonyl (C=O) groups is 1. The van der Waals surface area contributed by atoms with Gasteiger partial charge in [0.05, 0.1) is 17.7 Å². The fourth-order valence-corrected chi connectivity index (χ4v) is 2.21. The Kier molecular flexibility index (Phi) is 8.03. The second-order valence-corrected chi connectivity index (χ2v) is 7.72. The van der Waals surface area contributed by atoms with Crippen molar-refractivity contribution in [2.24, 2.45) is 0 Å². The van der Waals surface area contributed by atoms with Gasteiger partial charge in [-0.3, -0.25) is 9.63 Å². The van der Waals surface area contributed by atoms with Gasteiger partial charge in [0.15, 0.2) is 0 Å². The second-order valence-electron chi connectivity index (χ2n) is 7.72. The first-order valence-corrected chi connectivity index (χ1v) is 8.52. The molecule has 0 fully saturated rings. The van der Waals surface area contributed by atoms with E-state index in [1.54, 1.807) is 24.3 Å². The number of nitrogens with zero attached hydrogens (tertiary/aromatic N) is 2. The summed E-state index contributed by atoms with van der Waals surface area (Å²) in [4.78, 5) is 16.8. The van der Waals surface area contributed by atoms with E-state index in [0.717, 1.165) is 0 Å². The van der Waals surface area contributed by atoms with Crippen LogP contribution in [0.5, 0.6) is 5.75 Å². The highest BCUT2D eigenvalue weighted by Crippen LogP contribution is 2.17. The molecule has 0 aromatic heterocycles. The SMILES string of the molecule is CC(C)(CN(C=O)OC(C)(C)C)NCC(O)COc1ccccc1C#N. The Morgan fingerprint density at radius 1 is 1.31 bits per heavy atom. The van der Waals surface area contributed by atoms with Gasteiger partial charge in [-0.1, -0.05) is 12.1 Å². The first-order valence-electron chi connectivity index (χ1n) is 8.52. The standard InChI is InChI=1S/C19H29N3O4/c1-18(2,3)26-22(14-23)13-19(4,5)21-11-16(24)12-25-17-9-7-6-8-15(17)10-20/h6-9,14,16,21,24H,11-13H2,1-5H3. The monoisotopic (exact) mass is 363 g/mol. The molecule has 1 atom stereocenters. The molecule has 1 aromatic rings. The number of aliphatic hydroxyl groups is 1. The minimum absolute atomic E-state index is 0.0532. The van der Waals surface area contributed by atoms with E-state index >= 15 is 0 Å². The normalized spacial score (nSPS) is 13.0. The van der Waals surface area contributed by atoms with Crippen molar-refractivity contribution in [3.05, 3.63) is 29.8 Å². The van der Waals surface area contributed by atoms with Crippen molar-refractivity contribution in [3.8, 4) is 11.8 Å². The molecule has 144 valence electrons. The molecule has 0 saturated heterocycles. The Labute approximate surface area is 155 Å². The average molecular weight is 363 g/mol. The zero-order valence-electron chi connectivity index (χ0n) is 16.2. The van der Waals surface area contributed by atoms with E-state index in [1.807, 2.05) is 40.7 Å². The molecule has 7 heteroatoms. The van der Waals surface area contributed by atoms with Gasteiger partial charge in [-0.05, 0) is 46.8 Å². The molecule has 2 N–H and O–H groups in total. The van der Waals surface area contributed by atoms with E-state index in [9.17, 15) is 9.90 Å². The van der Waals surface area contributed by atoms with E-state index in [2.05, 4.69) is 5.32 Å². The number of ether oxygens (including phenoxy) is 1. The predicted octanol–water partition coefficient (Wildman–Crippen LogP) is 1.85. The van der Waals surface area contributed by atoms with Gasteiger partial charge in [0.2, 0.25) is 6.41 Å². The Hall–Kier alpha value is -2.14. The molecule has 7 nitrogen and oxygen atoms in total. The lowest BCUT2D eigenvalue weighted by atomic mass is 10.1. The topological polar surface area (TPSA) is 94.8 Å². The molecule has 0 bridgehead atoms. The molecule has 0 aliphatic heterocycles. The van der Waals surface area contributed by atoms with E-state index in [1.165, 1.54) is 5.06 Å². The number of β-amino-alcohol motifs (C(OH)–C–C–N with tert-alkyl or cyclic N) is 1. The van der Waals surface area contributed by atoms with E-state index in [4.69, 9.17) is 14.8 Å². The van der Waals surface area contributed by atoms with Crippen LogP contribution in [0.15, 0.2) is 24.3 Å². The maximum Gasteiger partial charge on any atom is 0.233 e. The van der Waals surface area contributed by atoms with Crippen LogP contribution in [0, 0.1) is 11.3 Å². The van der Waals surface area contributed by atoms with Crippen molar-refractivity contribution in [1.29, 1.82) is 5.26 Å². The third kappa shape index (κ3) is 8.30. The third-order valence-electron chi connectivity index (χ3n) is 3.31. The lowest BCUT2D eigenvalue weighted by Gasteiger charge is -2.34. The zero-order chi connectivity index (χ0) is 19.8. The summed E-state index contributed by atoms with van der Waals surface area (Å²) in [6.07, 6.45) is -0.123. The van der Waals surface area contributed by atoms with Crippen molar-refractivity contribution >= 4 is 6.41 Å². The van der Waals surface area contributed by atoms with Crippen LogP contribution in [0.4, 0.5) is 0 Å². The highest BCUT2D eigenvalue weighted by atomic mass is 16.7. The Morgan fingerprint density at radius 2 is 1.96 bits per heavy atom. The molecule has 1 aromatic carbocycles. The number of para-hydroxylation sites is 1. The molecule has 0 radical (unpaired) electrons. The molecule has 26 heavy (non-hydrogen) atoms. The Morgan fingerprint density at radius 3 is 2.54 bits per heavy atom. The number of amides is 1. The number of carbonyl (C=O) groups excluding carboxylic acids is 1. The molecule has 1 rings (SSSR count). The van der Waals surface area contributed by atoms with E-state index in [-0.39, 0.29) is 13.2 Å². The number of benzene rings is 1. The van der Waals surface area contributed by atoms with E-state index < -0.39 is 17.2 Å². The highest BCUT2D eigenvalue weighted by Gasteiger charge is 2.25. The molecule has 0 aliphatic rings. The maximum absolute atomic E-state index is 11.2. The summed E-state index contributed by atoms with van der Waals surface area (Å²) in [6.45, 7) is 10.1. The van der Waals surface area contributed by atoms with Gasteiger partial charge in [-0.2, -0.15) is 5.26 Å². The van der Waals surface area contributed by atoms with Gasteiger partial charge in [0, 0.05) is 12.1 Å². The number of hydrogen-bond donors (Lipinski definition) is 2. The Bertz CT molecular complexity index is 620. The third-order valence-corrected chi connectivity index (χ3v) is 3.31. The number of nitrogens with one attached hydrogen (secondary N) is 1. The van der Waals surface area contributed by atoms with Crippen LogP contribution in [0.1, 0.15) is 40.2 Å². The summed E-state index contributed by atoms with van der Waals surface area (Å²) >= 11 is 0. The summed E-state index contributed by atoms with van der Waals surface area (Å²) in [7, 11) is 0. The fourth-order valence-electron chi connectivity index (χ4n) is 2.21. The second kappa shape index (κ2) is 9.53. The van der Waals surface area contributed by atoms with Crippen LogP contribution in [0.25, 0.3) is 0 Å². The van der Waals surface area contributed by atoms with Crippen LogP contribution in [0.3, 0.4) is 0 Å². The van der Waals surface area contributed by atoms with Crippen molar-refractivity contribution in [2.45, 2.75) is 51.9 Å². The summed E-state index contributed by atoms with van der Waals surface area (Å²) in [6, 6.07) is 8.92. The number of rotatable bonds is 10. The van der Waals surface area contributed by atoms with Crippen molar-refractivity contribution in [1.82, 2.24) is 10.4 Å². The molecule has 0 saturated carbocycles. The van der Waals surface area contributed by atoms with Crippen LogP contribution in [-0.4, -0.2) is 53.5 Å².